The van der Waals surface area contributed by atoms with E-state index in [1.165, 1.54) is 18.2 Å². The molecule has 0 aliphatic heterocycles. The van der Waals surface area contributed by atoms with Crippen molar-refractivity contribution in [3.63, 3.8) is 0 Å². The Morgan fingerprint density at radius 3 is 2.47 bits per heavy atom. The van der Waals surface area contributed by atoms with Gasteiger partial charge in [0, 0.05) is 17.1 Å². The van der Waals surface area contributed by atoms with E-state index in [1.807, 2.05) is 0 Å². The molecular formula is C12H12N3O3S. The van der Waals surface area contributed by atoms with Gasteiger partial charge >= 0.3 is 0 Å². The lowest BCUT2D eigenvalue weighted by atomic mass is 10.2. The van der Waals surface area contributed by atoms with E-state index in [-0.39, 0.29) is 10.6 Å². The molecule has 19 heavy (non-hydrogen) atoms. The average molecular weight is 278 g/mol. The Hall–Kier alpha value is -2.25. The number of nitrogen functional groups attached to an aromatic ring is 2. The molecule has 6 nitrogen and oxygen atoms in total. The Morgan fingerprint density at radius 1 is 1.11 bits per heavy atom. The van der Waals surface area contributed by atoms with Crippen molar-refractivity contribution in [3.8, 4) is 0 Å². The van der Waals surface area contributed by atoms with E-state index in [0.717, 1.165) is 0 Å². The summed E-state index contributed by atoms with van der Waals surface area (Å²) in [5.74, 6) is 0. The van der Waals surface area contributed by atoms with E-state index in [9.17, 15) is 8.42 Å². The van der Waals surface area contributed by atoms with E-state index in [0.29, 0.717) is 17.1 Å². The zero-order valence-electron chi connectivity index (χ0n) is 9.79. The lowest BCUT2D eigenvalue weighted by Crippen LogP contribution is -2.04. The van der Waals surface area contributed by atoms with Crippen LogP contribution in [0.3, 0.4) is 0 Å². The number of nitrogens with one attached hydrogen (secondary N) is 1. The Kier molecular flexibility index (Phi) is 3.32. The lowest BCUT2D eigenvalue weighted by molar-refractivity contribution is 0.483. The van der Waals surface area contributed by atoms with Gasteiger partial charge in [0.15, 0.2) is 0 Å². The Balaban J connectivity index is 2.47. The summed E-state index contributed by atoms with van der Waals surface area (Å²) in [5, 5.41) is 2.83. The lowest BCUT2D eigenvalue weighted by Gasteiger charge is -2.11. The van der Waals surface area contributed by atoms with Gasteiger partial charge in [-0.15, -0.1) is 0 Å². The van der Waals surface area contributed by atoms with Gasteiger partial charge in [-0.25, -0.2) is 0 Å². The van der Waals surface area contributed by atoms with Crippen LogP contribution in [0.5, 0.6) is 0 Å². The van der Waals surface area contributed by atoms with E-state index >= 15 is 0 Å². The van der Waals surface area contributed by atoms with Crippen molar-refractivity contribution in [3.05, 3.63) is 42.5 Å². The molecule has 7 heteroatoms. The SMILES string of the molecule is Nc1c[c]cc(Nc2cc(N)ccc2S(=O)(=O)O)c1. The smallest absolute Gasteiger partial charge is 0.296 e. The maximum atomic E-state index is 11.3. The second-order valence-electron chi connectivity index (χ2n) is 3.91. The molecule has 0 atom stereocenters. The first kappa shape index (κ1) is 13.2. The number of anilines is 4. The van der Waals surface area contributed by atoms with Crippen LogP contribution in [0, 0.1) is 6.07 Å². The topological polar surface area (TPSA) is 118 Å². The molecule has 0 fully saturated rings. The number of nitrogens with two attached hydrogens (primary N) is 2. The van der Waals surface area contributed by atoms with Crippen molar-refractivity contribution >= 4 is 32.9 Å². The number of hydrogen-bond acceptors (Lipinski definition) is 5. The molecule has 0 aromatic heterocycles. The van der Waals surface area contributed by atoms with Crippen molar-refractivity contribution in [1.29, 1.82) is 0 Å². The first-order valence-corrected chi connectivity index (χ1v) is 6.71. The zero-order chi connectivity index (χ0) is 14.0. The third-order valence-electron chi connectivity index (χ3n) is 2.37. The van der Waals surface area contributed by atoms with Crippen LogP contribution in [-0.4, -0.2) is 13.0 Å². The molecule has 0 aliphatic rings. The van der Waals surface area contributed by atoms with Gasteiger partial charge in [0.1, 0.15) is 4.90 Å². The highest BCUT2D eigenvalue weighted by molar-refractivity contribution is 7.86. The van der Waals surface area contributed by atoms with Crippen LogP contribution in [-0.2, 0) is 10.1 Å². The van der Waals surface area contributed by atoms with Crippen LogP contribution < -0.4 is 16.8 Å². The first-order valence-electron chi connectivity index (χ1n) is 5.27. The minimum atomic E-state index is -4.34. The summed E-state index contributed by atoms with van der Waals surface area (Å²) in [6.07, 6.45) is 0. The summed E-state index contributed by atoms with van der Waals surface area (Å²) in [6.45, 7) is 0. The fourth-order valence-electron chi connectivity index (χ4n) is 1.59. The highest BCUT2D eigenvalue weighted by Crippen LogP contribution is 2.27. The van der Waals surface area contributed by atoms with E-state index in [2.05, 4.69) is 11.4 Å². The van der Waals surface area contributed by atoms with E-state index in [4.69, 9.17) is 16.0 Å². The fraction of sp³-hybridized carbons (Fsp3) is 0. The predicted octanol–water partition coefficient (Wildman–Crippen LogP) is 1.64. The van der Waals surface area contributed by atoms with Gasteiger partial charge in [0.25, 0.3) is 10.1 Å². The monoisotopic (exact) mass is 278 g/mol. The van der Waals surface area contributed by atoms with Crippen molar-refractivity contribution in [2.45, 2.75) is 4.90 Å². The molecule has 0 saturated carbocycles. The normalized spacial score (nSPS) is 11.2. The average Bonchev–Trinajstić information content (AvgIpc) is 2.27. The van der Waals surface area contributed by atoms with Crippen LogP contribution in [0.25, 0.3) is 0 Å². The molecule has 0 heterocycles. The van der Waals surface area contributed by atoms with Gasteiger partial charge in [-0.05, 0) is 42.5 Å². The summed E-state index contributed by atoms with van der Waals surface area (Å²) in [4.78, 5) is -0.260. The Bertz CT molecular complexity index is 714. The third kappa shape index (κ3) is 3.15. The molecule has 2 aromatic carbocycles. The molecular weight excluding hydrogens is 266 g/mol. The summed E-state index contributed by atoms with van der Waals surface area (Å²) in [7, 11) is -4.34. The summed E-state index contributed by atoms with van der Waals surface area (Å²) in [6, 6.07) is 11.6. The van der Waals surface area contributed by atoms with Gasteiger partial charge in [0.05, 0.1) is 5.69 Å². The minimum absolute atomic E-state index is 0.168. The van der Waals surface area contributed by atoms with Gasteiger partial charge in [-0.2, -0.15) is 8.42 Å². The minimum Gasteiger partial charge on any atom is -0.399 e. The van der Waals surface area contributed by atoms with Gasteiger partial charge < -0.3 is 16.8 Å². The van der Waals surface area contributed by atoms with Crippen LogP contribution >= 0.6 is 0 Å². The zero-order valence-corrected chi connectivity index (χ0v) is 10.6. The van der Waals surface area contributed by atoms with Gasteiger partial charge in [-0.1, -0.05) is 0 Å². The Labute approximate surface area is 110 Å². The molecule has 99 valence electrons. The molecule has 0 bridgehead atoms. The fourth-order valence-corrected chi connectivity index (χ4v) is 2.22. The highest BCUT2D eigenvalue weighted by atomic mass is 32.2. The van der Waals surface area contributed by atoms with Crippen LogP contribution in [0.2, 0.25) is 0 Å². The van der Waals surface area contributed by atoms with Crippen molar-refractivity contribution < 1.29 is 13.0 Å². The van der Waals surface area contributed by atoms with Crippen LogP contribution in [0.4, 0.5) is 22.7 Å². The van der Waals surface area contributed by atoms with Crippen LogP contribution in [0.1, 0.15) is 0 Å². The highest BCUT2D eigenvalue weighted by Gasteiger charge is 2.15. The summed E-state index contributed by atoms with van der Waals surface area (Å²) in [5.41, 5.74) is 12.8. The summed E-state index contributed by atoms with van der Waals surface area (Å²) < 4.78 is 31.7. The maximum Gasteiger partial charge on any atom is 0.296 e. The Morgan fingerprint density at radius 2 is 1.84 bits per heavy atom. The number of rotatable bonds is 3. The van der Waals surface area contributed by atoms with Gasteiger partial charge in [0.2, 0.25) is 0 Å². The number of benzene rings is 2. The number of hydrogen-bond donors (Lipinski definition) is 4. The summed E-state index contributed by atoms with van der Waals surface area (Å²) >= 11 is 0. The molecule has 2 aromatic rings. The molecule has 0 aliphatic carbocycles. The van der Waals surface area contributed by atoms with Crippen molar-refractivity contribution in [2.24, 2.45) is 0 Å². The quantitative estimate of drug-likeness (QED) is 0.500. The van der Waals surface area contributed by atoms with Crippen LogP contribution in [0.15, 0.2) is 41.3 Å². The molecule has 0 amide bonds. The standard InChI is InChI=1S/C12H12N3O3S/c13-8-2-1-3-10(6-8)15-11-7-9(14)4-5-12(11)19(16,17)18/h2-7,15H,13-14H2,(H,16,17,18). The van der Waals surface area contributed by atoms with Crippen molar-refractivity contribution in [2.75, 3.05) is 16.8 Å². The van der Waals surface area contributed by atoms with E-state index in [1.54, 1.807) is 18.2 Å². The van der Waals surface area contributed by atoms with Gasteiger partial charge in [-0.3, -0.25) is 4.55 Å². The first-order chi connectivity index (χ1) is 8.86. The molecule has 0 saturated heterocycles. The molecule has 0 unspecified atom stereocenters. The molecule has 0 spiro atoms. The second kappa shape index (κ2) is 4.79. The molecule has 6 N–H and O–H groups in total. The molecule has 2 rings (SSSR count). The largest absolute Gasteiger partial charge is 0.399 e. The van der Waals surface area contributed by atoms with E-state index < -0.39 is 10.1 Å². The maximum absolute atomic E-state index is 11.3. The van der Waals surface area contributed by atoms with Crippen molar-refractivity contribution in [1.82, 2.24) is 0 Å². The molecule has 1 radical (unpaired) electrons. The predicted molar refractivity (Wildman–Crippen MR) is 73.6 cm³/mol. The second-order valence-corrected chi connectivity index (χ2v) is 5.30. The third-order valence-corrected chi connectivity index (χ3v) is 3.28.